The largest absolute Gasteiger partial charge is 0.372 e. The maximum Gasteiger partial charge on any atom is 0.250 e. The summed E-state index contributed by atoms with van der Waals surface area (Å²) in [5.74, 6) is 0.413. The van der Waals surface area contributed by atoms with Crippen LogP contribution in [0.3, 0.4) is 0 Å². The highest BCUT2D eigenvalue weighted by Crippen LogP contribution is 2.35. The predicted molar refractivity (Wildman–Crippen MR) is 97.3 cm³/mol. The van der Waals surface area contributed by atoms with Crippen molar-refractivity contribution >= 4 is 11.6 Å². The molecular formula is C20H25N3O. The van der Waals surface area contributed by atoms with Crippen LogP contribution in [0.1, 0.15) is 41.7 Å². The number of nitrogens with zero attached hydrogens (tertiary/aromatic N) is 2. The molecule has 1 amide bonds. The first-order chi connectivity index (χ1) is 11.6. The van der Waals surface area contributed by atoms with Crippen LogP contribution in [-0.2, 0) is 6.54 Å². The van der Waals surface area contributed by atoms with E-state index in [1.807, 2.05) is 13.0 Å². The Balaban J connectivity index is 1.69. The Morgan fingerprint density at radius 1 is 1.17 bits per heavy atom. The van der Waals surface area contributed by atoms with E-state index in [2.05, 4.69) is 33.7 Å². The Morgan fingerprint density at radius 3 is 2.42 bits per heavy atom. The standard InChI is InChI=1S/C20H25N3O/c1-14-18(20(21)24)12-19(23(14)13-15-4-5-15)16-6-8-17(9-7-16)22-10-2-3-11-22/h6-9,12,15H,2-5,10-11,13H2,1H3,(H2,21,24). The minimum absolute atomic E-state index is 0.336. The van der Waals surface area contributed by atoms with E-state index in [9.17, 15) is 4.79 Å². The van der Waals surface area contributed by atoms with E-state index in [4.69, 9.17) is 5.73 Å². The molecule has 0 radical (unpaired) electrons. The monoisotopic (exact) mass is 323 g/mol. The first kappa shape index (κ1) is 15.3. The van der Waals surface area contributed by atoms with Gasteiger partial charge in [-0.1, -0.05) is 12.1 Å². The van der Waals surface area contributed by atoms with Gasteiger partial charge in [0, 0.05) is 36.7 Å². The SMILES string of the molecule is Cc1c(C(N)=O)cc(-c2ccc(N3CCCC3)cc2)n1CC1CC1. The molecule has 2 aliphatic rings. The lowest BCUT2D eigenvalue weighted by molar-refractivity contribution is 0.0999. The van der Waals surface area contributed by atoms with Gasteiger partial charge in [-0.25, -0.2) is 0 Å². The van der Waals surface area contributed by atoms with Crippen LogP contribution >= 0.6 is 0 Å². The molecule has 4 heteroatoms. The van der Waals surface area contributed by atoms with E-state index in [0.717, 1.165) is 42.5 Å². The molecule has 1 aliphatic heterocycles. The zero-order valence-electron chi connectivity index (χ0n) is 14.3. The zero-order valence-corrected chi connectivity index (χ0v) is 14.3. The molecule has 2 fully saturated rings. The van der Waals surface area contributed by atoms with Crippen molar-refractivity contribution in [3.63, 3.8) is 0 Å². The predicted octanol–water partition coefficient (Wildman–Crippen LogP) is 3.57. The van der Waals surface area contributed by atoms with Crippen LogP contribution in [0.5, 0.6) is 0 Å². The number of nitrogens with two attached hydrogens (primary N) is 1. The van der Waals surface area contributed by atoms with Crippen molar-refractivity contribution in [2.45, 2.75) is 39.2 Å². The molecule has 1 saturated carbocycles. The van der Waals surface area contributed by atoms with Gasteiger partial charge in [-0.15, -0.1) is 0 Å². The van der Waals surface area contributed by atoms with Gasteiger partial charge in [-0.3, -0.25) is 4.79 Å². The lowest BCUT2D eigenvalue weighted by atomic mass is 10.1. The van der Waals surface area contributed by atoms with Crippen LogP contribution in [0.25, 0.3) is 11.3 Å². The molecule has 0 bridgehead atoms. The molecule has 24 heavy (non-hydrogen) atoms. The second kappa shape index (κ2) is 6.00. The topological polar surface area (TPSA) is 51.3 Å². The van der Waals surface area contributed by atoms with E-state index in [1.165, 1.54) is 31.4 Å². The smallest absolute Gasteiger partial charge is 0.250 e. The second-order valence-electron chi connectivity index (χ2n) is 7.19. The summed E-state index contributed by atoms with van der Waals surface area (Å²) in [6.45, 7) is 5.30. The molecule has 0 atom stereocenters. The number of primary amides is 1. The number of carbonyl (C=O) groups excluding carboxylic acids is 1. The number of benzene rings is 1. The van der Waals surface area contributed by atoms with Crippen LogP contribution in [0, 0.1) is 12.8 Å². The lowest BCUT2D eigenvalue weighted by Crippen LogP contribution is -2.17. The van der Waals surface area contributed by atoms with Crippen molar-refractivity contribution < 1.29 is 4.79 Å². The van der Waals surface area contributed by atoms with Crippen molar-refractivity contribution in [3.05, 3.63) is 41.6 Å². The van der Waals surface area contributed by atoms with Crippen molar-refractivity contribution in [1.82, 2.24) is 4.57 Å². The fraction of sp³-hybridized carbons (Fsp3) is 0.450. The van der Waals surface area contributed by atoms with E-state index < -0.39 is 0 Å². The Bertz CT molecular complexity index is 750. The van der Waals surface area contributed by atoms with Crippen LogP contribution in [0.2, 0.25) is 0 Å². The fourth-order valence-corrected chi connectivity index (χ4v) is 3.75. The maximum absolute atomic E-state index is 11.8. The number of aromatic nitrogens is 1. The second-order valence-corrected chi connectivity index (χ2v) is 7.19. The van der Waals surface area contributed by atoms with Crippen LogP contribution in [-0.4, -0.2) is 23.6 Å². The number of anilines is 1. The molecule has 1 aliphatic carbocycles. The average Bonchev–Trinajstić information content (AvgIpc) is 3.11. The van der Waals surface area contributed by atoms with Crippen molar-refractivity contribution in [2.24, 2.45) is 11.7 Å². The van der Waals surface area contributed by atoms with Gasteiger partial charge in [0.05, 0.1) is 5.56 Å². The van der Waals surface area contributed by atoms with Gasteiger partial charge >= 0.3 is 0 Å². The Hall–Kier alpha value is -2.23. The molecule has 2 heterocycles. The van der Waals surface area contributed by atoms with Crippen molar-refractivity contribution in [3.8, 4) is 11.3 Å². The minimum Gasteiger partial charge on any atom is -0.372 e. The quantitative estimate of drug-likeness (QED) is 0.914. The lowest BCUT2D eigenvalue weighted by Gasteiger charge is -2.18. The average molecular weight is 323 g/mol. The number of hydrogen-bond acceptors (Lipinski definition) is 2. The molecule has 1 saturated heterocycles. The summed E-state index contributed by atoms with van der Waals surface area (Å²) >= 11 is 0. The molecule has 126 valence electrons. The van der Waals surface area contributed by atoms with E-state index in [0.29, 0.717) is 5.56 Å². The third-order valence-electron chi connectivity index (χ3n) is 5.40. The van der Waals surface area contributed by atoms with Crippen LogP contribution in [0.4, 0.5) is 5.69 Å². The molecule has 2 N–H and O–H groups in total. The first-order valence-electron chi connectivity index (χ1n) is 8.99. The minimum atomic E-state index is -0.336. The summed E-state index contributed by atoms with van der Waals surface area (Å²) in [6.07, 6.45) is 5.15. The molecule has 0 spiro atoms. The molecule has 1 aromatic heterocycles. The Kier molecular flexibility index (Phi) is 3.83. The number of hydrogen-bond donors (Lipinski definition) is 1. The van der Waals surface area contributed by atoms with Crippen molar-refractivity contribution in [1.29, 1.82) is 0 Å². The van der Waals surface area contributed by atoms with Gasteiger partial charge in [0.15, 0.2) is 0 Å². The third kappa shape index (κ3) is 2.81. The Labute approximate surface area is 143 Å². The molecule has 4 rings (SSSR count). The molecular weight excluding hydrogens is 298 g/mol. The van der Waals surface area contributed by atoms with Crippen LogP contribution < -0.4 is 10.6 Å². The molecule has 4 nitrogen and oxygen atoms in total. The maximum atomic E-state index is 11.8. The summed E-state index contributed by atoms with van der Waals surface area (Å²) < 4.78 is 2.28. The van der Waals surface area contributed by atoms with E-state index >= 15 is 0 Å². The highest BCUT2D eigenvalue weighted by atomic mass is 16.1. The molecule has 1 aromatic carbocycles. The number of carbonyl (C=O) groups is 1. The highest BCUT2D eigenvalue weighted by molar-refractivity contribution is 5.95. The number of amides is 1. The van der Waals surface area contributed by atoms with Gasteiger partial charge < -0.3 is 15.2 Å². The van der Waals surface area contributed by atoms with Gasteiger partial charge in [0.25, 0.3) is 5.91 Å². The highest BCUT2D eigenvalue weighted by Gasteiger charge is 2.25. The number of rotatable bonds is 5. The Morgan fingerprint density at radius 2 is 1.83 bits per heavy atom. The van der Waals surface area contributed by atoms with Gasteiger partial charge in [0.1, 0.15) is 0 Å². The summed E-state index contributed by atoms with van der Waals surface area (Å²) in [4.78, 5) is 14.2. The van der Waals surface area contributed by atoms with E-state index in [-0.39, 0.29) is 5.91 Å². The normalized spacial score (nSPS) is 17.5. The third-order valence-corrected chi connectivity index (χ3v) is 5.40. The fourth-order valence-electron chi connectivity index (χ4n) is 3.75. The van der Waals surface area contributed by atoms with E-state index in [1.54, 1.807) is 0 Å². The summed E-state index contributed by atoms with van der Waals surface area (Å²) in [6, 6.07) is 10.7. The van der Waals surface area contributed by atoms with Gasteiger partial charge in [-0.05, 0) is 62.3 Å². The summed E-state index contributed by atoms with van der Waals surface area (Å²) in [7, 11) is 0. The van der Waals surface area contributed by atoms with Gasteiger partial charge in [0.2, 0.25) is 0 Å². The van der Waals surface area contributed by atoms with Gasteiger partial charge in [-0.2, -0.15) is 0 Å². The molecule has 2 aromatic rings. The molecule has 0 unspecified atom stereocenters. The first-order valence-corrected chi connectivity index (χ1v) is 8.99. The van der Waals surface area contributed by atoms with Crippen molar-refractivity contribution in [2.75, 3.05) is 18.0 Å². The summed E-state index contributed by atoms with van der Waals surface area (Å²) in [5, 5.41) is 0. The summed E-state index contributed by atoms with van der Waals surface area (Å²) in [5.41, 5.74) is 10.8. The zero-order chi connectivity index (χ0) is 16.7. The van der Waals surface area contributed by atoms with Crippen LogP contribution in [0.15, 0.2) is 30.3 Å².